The minimum Gasteiger partial charge on any atom is -0.457 e. The predicted octanol–water partition coefficient (Wildman–Crippen LogP) is 4.30. The van der Waals surface area contributed by atoms with Crippen LogP contribution in [0.2, 0.25) is 0 Å². The summed E-state index contributed by atoms with van der Waals surface area (Å²) in [5, 5.41) is 0. The van der Waals surface area contributed by atoms with Gasteiger partial charge in [-0.2, -0.15) is 13.2 Å². The molecule has 4 heteroatoms. The first kappa shape index (κ1) is 11.5. The van der Waals surface area contributed by atoms with Crippen LogP contribution < -0.4 is 4.74 Å². The summed E-state index contributed by atoms with van der Waals surface area (Å²) in [6.07, 6.45) is -4.32. The molecule has 0 spiro atoms. The molecule has 0 unspecified atom stereocenters. The Bertz CT molecular complexity index is 474. The van der Waals surface area contributed by atoms with Crippen LogP contribution >= 0.6 is 0 Å². The molecule has 0 atom stereocenters. The van der Waals surface area contributed by atoms with Crippen LogP contribution in [0.1, 0.15) is 5.56 Å². The van der Waals surface area contributed by atoms with Gasteiger partial charge in [-0.3, -0.25) is 0 Å². The molecule has 1 nitrogen and oxygen atoms in total. The van der Waals surface area contributed by atoms with Crippen molar-refractivity contribution in [1.29, 1.82) is 0 Å². The summed E-state index contributed by atoms with van der Waals surface area (Å²) in [5.41, 5.74) is -0.689. The van der Waals surface area contributed by atoms with Gasteiger partial charge in [0.2, 0.25) is 0 Å². The average molecular weight is 237 g/mol. The van der Waals surface area contributed by atoms with Gasteiger partial charge < -0.3 is 4.74 Å². The van der Waals surface area contributed by atoms with Crippen LogP contribution in [0.5, 0.6) is 11.5 Å². The average Bonchev–Trinajstić information content (AvgIpc) is 2.30. The quantitative estimate of drug-likeness (QED) is 0.756. The van der Waals surface area contributed by atoms with E-state index in [4.69, 9.17) is 4.74 Å². The Morgan fingerprint density at radius 1 is 0.824 bits per heavy atom. The van der Waals surface area contributed by atoms with Crippen molar-refractivity contribution in [2.45, 2.75) is 6.18 Å². The maximum absolute atomic E-state index is 12.3. The summed E-state index contributed by atoms with van der Waals surface area (Å²) in [5.74, 6) is 0.924. The van der Waals surface area contributed by atoms with Crippen LogP contribution in [-0.4, -0.2) is 0 Å². The van der Waals surface area contributed by atoms with Crippen molar-refractivity contribution in [2.75, 3.05) is 0 Å². The lowest BCUT2D eigenvalue weighted by atomic mass is 10.2. The van der Waals surface area contributed by atoms with E-state index in [-0.39, 0.29) is 0 Å². The minimum absolute atomic E-state index is 0.365. The molecule has 1 radical (unpaired) electrons. The molecule has 0 aliphatic heterocycles. The molecule has 0 N–H and O–H groups in total. The van der Waals surface area contributed by atoms with Gasteiger partial charge in [-0.1, -0.05) is 12.1 Å². The van der Waals surface area contributed by atoms with Crippen molar-refractivity contribution in [3.8, 4) is 11.5 Å². The molecule has 0 saturated carbocycles. The Morgan fingerprint density at radius 2 is 1.35 bits per heavy atom. The van der Waals surface area contributed by atoms with Gasteiger partial charge in [0.05, 0.1) is 5.56 Å². The fourth-order valence-electron chi connectivity index (χ4n) is 1.29. The molecular weight excluding hydrogens is 229 g/mol. The van der Waals surface area contributed by atoms with Gasteiger partial charge in [0, 0.05) is 0 Å². The zero-order chi connectivity index (χ0) is 12.3. The maximum atomic E-state index is 12.3. The molecule has 2 aromatic carbocycles. The smallest absolute Gasteiger partial charge is 0.416 e. The fourth-order valence-corrected chi connectivity index (χ4v) is 1.29. The highest BCUT2D eigenvalue weighted by molar-refractivity contribution is 5.33. The van der Waals surface area contributed by atoms with E-state index in [1.807, 2.05) is 0 Å². The van der Waals surface area contributed by atoms with E-state index in [0.717, 1.165) is 12.1 Å². The number of hydrogen-bond donors (Lipinski definition) is 0. The van der Waals surface area contributed by atoms with E-state index in [1.54, 1.807) is 24.3 Å². The molecule has 0 aliphatic rings. The topological polar surface area (TPSA) is 9.23 Å². The third-order valence-electron chi connectivity index (χ3n) is 2.10. The summed E-state index contributed by atoms with van der Waals surface area (Å²) >= 11 is 0. The van der Waals surface area contributed by atoms with E-state index in [2.05, 4.69) is 6.07 Å². The standard InChI is InChI=1S/C13H8F3O/c14-13(15,16)10-6-8-12(9-7-10)17-11-4-2-1-3-5-11/h2-9H. The van der Waals surface area contributed by atoms with Crippen molar-refractivity contribution in [2.24, 2.45) is 0 Å². The van der Waals surface area contributed by atoms with Crippen LogP contribution in [0.15, 0.2) is 48.5 Å². The normalized spacial score (nSPS) is 11.2. The van der Waals surface area contributed by atoms with Crippen molar-refractivity contribution >= 4 is 0 Å². The molecule has 0 bridgehead atoms. The first-order chi connectivity index (χ1) is 8.05. The van der Waals surface area contributed by atoms with Gasteiger partial charge >= 0.3 is 6.18 Å². The molecule has 87 valence electrons. The molecule has 0 amide bonds. The van der Waals surface area contributed by atoms with Crippen LogP contribution in [0.3, 0.4) is 0 Å². The first-order valence-electron chi connectivity index (χ1n) is 4.87. The second-order valence-corrected chi connectivity index (χ2v) is 3.36. The lowest BCUT2D eigenvalue weighted by Crippen LogP contribution is -2.03. The lowest BCUT2D eigenvalue weighted by molar-refractivity contribution is -0.137. The number of ether oxygens (including phenoxy) is 1. The number of halogens is 3. The number of alkyl halides is 3. The van der Waals surface area contributed by atoms with Crippen LogP contribution in [0.4, 0.5) is 13.2 Å². The summed E-state index contributed by atoms with van der Waals surface area (Å²) in [4.78, 5) is 0. The van der Waals surface area contributed by atoms with Gasteiger partial charge in [0.1, 0.15) is 11.5 Å². The Morgan fingerprint density at radius 3 is 1.88 bits per heavy atom. The molecule has 0 fully saturated rings. The molecule has 0 heterocycles. The van der Waals surface area contributed by atoms with Crippen LogP contribution in [0, 0.1) is 6.07 Å². The molecule has 0 saturated heterocycles. The van der Waals surface area contributed by atoms with E-state index < -0.39 is 11.7 Å². The molecule has 2 rings (SSSR count). The third-order valence-corrected chi connectivity index (χ3v) is 2.10. The van der Waals surface area contributed by atoms with E-state index in [1.165, 1.54) is 12.1 Å². The second-order valence-electron chi connectivity index (χ2n) is 3.36. The molecule has 0 aromatic heterocycles. The Hall–Kier alpha value is -1.97. The SMILES string of the molecule is FC(F)(F)c1ccc(Oc2cc[c]cc2)cc1. The molecule has 2 aromatic rings. The van der Waals surface area contributed by atoms with Gasteiger partial charge in [-0.25, -0.2) is 0 Å². The number of hydrogen-bond acceptors (Lipinski definition) is 1. The molecular formula is C13H8F3O. The highest BCUT2D eigenvalue weighted by Gasteiger charge is 2.29. The summed E-state index contributed by atoms with van der Waals surface area (Å²) in [7, 11) is 0. The van der Waals surface area contributed by atoms with Crippen molar-refractivity contribution in [3.05, 3.63) is 60.2 Å². The van der Waals surface area contributed by atoms with E-state index in [0.29, 0.717) is 11.5 Å². The summed E-state index contributed by atoms with van der Waals surface area (Å²) in [6.45, 7) is 0. The predicted molar refractivity (Wildman–Crippen MR) is 56.8 cm³/mol. The van der Waals surface area contributed by atoms with Gasteiger partial charge in [0.25, 0.3) is 0 Å². The van der Waals surface area contributed by atoms with Crippen molar-refractivity contribution < 1.29 is 17.9 Å². The number of benzene rings is 2. The highest BCUT2D eigenvalue weighted by Crippen LogP contribution is 2.31. The third kappa shape index (κ3) is 3.00. The molecule has 0 aliphatic carbocycles. The number of rotatable bonds is 2. The van der Waals surface area contributed by atoms with Crippen LogP contribution in [-0.2, 0) is 6.18 Å². The Kier molecular flexibility index (Phi) is 3.04. The van der Waals surface area contributed by atoms with Crippen LogP contribution in [0.25, 0.3) is 0 Å². The van der Waals surface area contributed by atoms with E-state index >= 15 is 0 Å². The highest BCUT2D eigenvalue weighted by atomic mass is 19.4. The minimum atomic E-state index is -4.32. The maximum Gasteiger partial charge on any atom is 0.416 e. The largest absolute Gasteiger partial charge is 0.457 e. The van der Waals surface area contributed by atoms with Crippen molar-refractivity contribution in [3.63, 3.8) is 0 Å². The zero-order valence-electron chi connectivity index (χ0n) is 8.66. The summed E-state index contributed by atoms with van der Waals surface area (Å²) in [6, 6.07) is 14.1. The summed E-state index contributed by atoms with van der Waals surface area (Å²) < 4.78 is 42.3. The second kappa shape index (κ2) is 4.49. The zero-order valence-corrected chi connectivity index (χ0v) is 8.66. The lowest BCUT2D eigenvalue weighted by Gasteiger charge is -2.08. The van der Waals surface area contributed by atoms with Gasteiger partial charge in [-0.15, -0.1) is 0 Å². The first-order valence-corrected chi connectivity index (χ1v) is 4.87. The Labute approximate surface area is 96.5 Å². The van der Waals surface area contributed by atoms with E-state index in [9.17, 15) is 13.2 Å². The molecule has 17 heavy (non-hydrogen) atoms. The van der Waals surface area contributed by atoms with Gasteiger partial charge in [-0.05, 0) is 42.5 Å². The monoisotopic (exact) mass is 237 g/mol. The Balaban J connectivity index is 2.14. The van der Waals surface area contributed by atoms with Crippen molar-refractivity contribution in [1.82, 2.24) is 0 Å². The fraction of sp³-hybridized carbons (Fsp3) is 0.0769. The van der Waals surface area contributed by atoms with Gasteiger partial charge in [0.15, 0.2) is 0 Å².